The Morgan fingerprint density at radius 2 is 2.00 bits per heavy atom. The number of nitrogens with one attached hydrogen (secondary N) is 1. The Morgan fingerprint density at radius 1 is 1.16 bits per heavy atom. The zero-order valence-corrected chi connectivity index (χ0v) is 15.2. The van der Waals surface area contributed by atoms with Gasteiger partial charge in [0, 0.05) is 24.2 Å². The summed E-state index contributed by atoms with van der Waals surface area (Å²) in [6.45, 7) is 4.20. The van der Waals surface area contributed by atoms with E-state index in [2.05, 4.69) is 59.7 Å². The molecule has 0 amide bonds. The van der Waals surface area contributed by atoms with Crippen LogP contribution in [-0.2, 0) is 0 Å². The van der Waals surface area contributed by atoms with E-state index in [1.165, 1.54) is 24.1 Å². The summed E-state index contributed by atoms with van der Waals surface area (Å²) >= 11 is 0. The van der Waals surface area contributed by atoms with E-state index in [1.807, 2.05) is 16.8 Å². The predicted octanol–water partition coefficient (Wildman–Crippen LogP) is 4.10. The molecule has 4 nitrogen and oxygen atoms in total. The fraction of sp³-hybridized carbons (Fsp3) is 0.300. The van der Waals surface area contributed by atoms with Crippen LogP contribution in [0.25, 0.3) is 17.8 Å². The lowest BCUT2D eigenvalue weighted by molar-refractivity contribution is 0.448. The van der Waals surface area contributed by atoms with E-state index < -0.39 is 0 Å². The van der Waals surface area contributed by atoms with Gasteiger partial charge < -0.3 is 5.32 Å². The zero-order chi connectivity index (χ0) is 16.4. The number of fused-ring (bicyclic) bond motifs is 1. The van der Waals surface area contributed by atoms with Gasteiger partial charge in [0.15, 0.2) is 5.65 Å². The molecule has 1 aromatic carbocycles. The number of aromatic nitrogens is 3. The van der Waals surface area contributed by atoms with E-state index >= 15 is 0 Å². The molecule has 1 saturated heterocycles. The summed E-state index contributed by atoms with van der Waals surface area (Å²) in [6, 6.07) is 12.4. The molecule has 3 heterocycles. The van der Waals surface area contributed by atoms with Gasteiger partial charge in [0.05, 0.1) is 11.4 Å². The molecule has 0 spiro atoms. The van der Waals surface area contributed by atoms with Gasteiger partial charge in [-0.2, -0.15) is 5.10 Å². The minimum atomic E-state index is 0. The molecule has 1 atom stereocenters. The van der Waals surface area contributed by atoms with Crippen molar-refractivity contribution in [3.8, 4) is 0 Å². The number of aryl methyl sites for hydroxylation is 1. The quantitative estimate of drug-likeness (QED) is 0.770. The van der Waals surface area contributed by atoms with E-state index in [0.29, 0.717) is 5.92 Å². The van der Waals surface area contributed by atoms with Crippen LogP contribution < -0.4 is 5.32 Å². The van der Waals surface area contributed by atoms with Crippen molar-refractivity contribution >= 4 is 30.2 Å². The molecule has 0 bridgehead atoms. The highest BCUT2D eigenvalue weighted by molar-refractivity contribution is 5.85. The van der Waals surface area contributed by atoms with Crippen LogP contribution in [-0.4, -0.2) is 27.7 Å². The Labute approximate surface area is 154 Å². The summed E-state index contributed by atoms with van der Waals surface area (Å²) in [5, 5.41) is 8.27. The van der Waals surface area contributed by atoms with Crippen molar-refractivity contribution in [3.05, 3.63) is 65.1 Å². The lowest BCUT2D eigenvalue weighted by Gasteiger charge is -2.23. The van der Waals surface area contributed by atoms with Crippen LogP contribution in [0.2, 0.25) is 0 Å². The zero-order valence-electron chi connectivity index (χ0n) is 14.4. The van der Waals surface area contributed by atoms with Gasteiger partial charge in [-0.25, -0.2) is 9.50 Å². The summed E-state index contributed by atoms with van der Waals surface area (Å²) in [5.74, 6) is 0.509. The van der Waals surface area contributed by atoms with Crippen LogP contribution in [0.4, 0.5) is 0 Å². The second kappa shape index (κ2) is 7.81. The second-order valence-electron chi connectivity index (χ2n) is 6.39. The van der Waals surface area contributed by atoms with Crippen LogP contribution in [0.3, 0.4) is 0 Å². The first-order valence-electron chi connectivity index (χ1n) is 8.61. The Balaban J connectivity index is 0.00000182. The Bertz CT molecular complexity index is 864. The number of rotatable bonds is 3. The van der Waals surface area contributed by atoms with Gasteiger partial charge in [-0.15, -0.1) is 12.4 Å². The average Bonchev–Trinajstić information content (AvgIpc) is 2.97. The molecule has 1 aliphatic heterocycles. The third-order valence-corrected chi connectivity index (χ3v) is 4.73. The average molecular weight is 355 g/mol. The first kappa shape index (κ1) is 17.6. The third-order valence-electron chi connectivity index (χ3n) is 4.73. The number of hydrogen-bond acceptors (Lipinski definition) is 3. The van der Waals surface area contributed by atoms with Gasteiger partial charge in [0.2, 0.25) is 0 Å². The highest BCUT2D eigenvalue weighted by Gasteiger charge is 2.20. The van der Waals surface area contributed by atoms with Crippen LogP contribution in [0, 0.1) is 6.92 Å². The van der Waals surface area contributed by atoms with Crippen molar-refractivity contribution in [1.82, 2.24) is 19.9 Å². The summed E-state index contributed by atoms with van der Waals surface area (Å²) in [4.78, 5) is 4.60. The highest BCUT2D eigenvalue weighted by atomic mass is 35.5. The fourth-order valence-corrected chi connectivity index (χ4v) is 3.44. The van der Waals surface area contributed by atoms with Gasteiger partial charge in [-0.1, -0.05) is 36.4 Å². The Hall–Kier alpha value is -2.17. The first-order valence-corrected chi connectivity index (χ1v) is 8.61. The first-order chi connectivity index (χ1) is 11.8. The van der Waals surface area contributed by atoms with Crippen LogP contribution in [0.1, 0.15) is 41.3 Å². The summed E-state index contributed by atoms with van der Waals surface area (Å²) in [6.07, 6.45) is 8.60. The van der Waals surface area contributed by atoms with Crippen molar-refractivity contribution < 1.29 is 0 Å². The molecule has 0 aliphatic carbocycles. The van der Waals surface area contributed by atoms with Gasteiger partial charge in [0.25, 0.3) is 0 Å². The molecule has 130 valence electrons. The van der Waals surface area contributed by atoms with Gasteiger partial charge in [-0.3, -0.25) is 0 Å². The molecule has 3 aromatic rings. The van der Waals surface area contributed by atoms with E-state index in [1.54, 1.807) is 0 Å². The molecule has 1 fully saturated rings. The Morgan fingerprint density at radius 3 is 2.76 bits per heavy atom. The van der Waals surface area contributed by atoms with E-state index in [-0.39, 0.29) is 12.4 Å². The van der Waals surface area contributed by atoms with Crippen LogP contribution >= 0.6 is 12.4 Å². The molecular formula is C20H23ClN4. The molecule has 0 saturated carbocycles. The van der Waals surface area contributed by atoms with Gasteiger partial charge in [0.1, 0.15) is 0 Å². The van der Waals surface area contributed by atoms with Crippen LogP contribution in [0.15, 0.2) is 42.6 Å². The molecule has 1 N–H and O–H groups in total. The number of piperidine rings is 1. The lowest BCUT2D eigenvalue weighted by Crippen LogP contribution is -2.29. The molecule has 1 aliphatic rings. The maximum Gasteiger partial charge on any atom is 0.162 e. The summed E-state index contributed by atoms with van der Waals surface area (Å²) in [7, 11) is 0. The number of halogens is 1. The third kappa shape index (κ3) is 3.60. The van der Waals surface area contributed by atoms with E-state index in [4.69, 9.17) is 5.10 Å². The Kier molecular flexibility index (Phi) is 5.51. The summed E-state index contributed by atoms with van der Waals surface area (Å²) in [5.41, 5.74) is 5.51. The molecule has 4 rings (SSSR count). The maximum atomic E-state index is 4.78. The van der Waals surface area contributed by atoms with Crippen molar-refractivity contribution in [1.29, 1.82) is 0 Å². The SMILES string of the molecule is Cc1nn2c([C@H]3CCCNC3)ccnc2c1/C=C/c1ccccc1.Cl. The topological polar surface area (TPSA) is 42.2 Å². The minimum Gasteiger partial charge on any atom is -0.316 e. The highest BCUT2D eigenvalue weighted by Crippen LogP contribution is 2.25. The molecular weight excluding hydrogens is 332 g/mol. The molecule has 5 heteroatoms. The molecule has 25 heavy (non-hydrogen) atoms. The largest absolute Gasteiger partial charge is 0.316 e. The smallest absolute Gasteiger partial charge is 0.162 e. The molecule has 2 aromatic heterocycles. The van der Waals surface area contributed by atoms with E-state index in [0.717, 1.165) is 30.0 Å². The number of hydrogen-bond donors (Lipinski definition) is 1. The fourth-order valence-electron chi connectivity index (χ4n) is 3.44. The van der Waals surface area contributed by atoms with Crippen LogP contribution in [0.5, 0.6) is 0 Å². The maximum absolute atomic E-state index is 4.78. The van der Waals surface area contributed by atoms with E-state index in [9.17, 15) is 0 Å². The minimum absolute atomic E-state index is 0. The van der Waals surface area contributed by atoms with Crippen molar-refractivity contribution in [3.63, 3.8) is 0 Å². The molecule has 0 unspecified atom stereocenters. The van der Waals surface area contributed by atoms with Crippen molar-refractivity contribution in [2.45, 2.75) is 25.7 Å². The monoisotopic (exact) mass is 354 g/mol. The standard InChI is InChI=1S/C20H22N4.ClH/c1-15-18(10-9-16-6-3-2-4-7-16)20-22-13-11-19(24(20)23-15)17-8-5-12-21-14-17;/h2-4,6-7,9-11,13,17,21H,5,8,12,14H2,1H3;1H/b10-9+;/t17-;/m0./s1. The summed E-state index contributed by atoms with van der Waals surface area (Å²) < 4.78 is 2.04. The number of benzene rings is 1. The predicted molar refractivity (Wildman–Crippen MR) is 105 cm³/mol. The second-order valence-corrected chi connectivity index (χ2v) is 6.39. The van der Waals surface area contributed by atoms with Gasteiger partial charge in [-0.05, 0) is 44.0 Å². The normalized spacial score (nSPS) is 17.7. The number of nitrogens with zero attached hydrogens (tertiary/aromatic N) is 3. The van der Waals surface area contributed by atoms with Crippen molar-refractivity contribution in [2.75, 3.05) is 13.1 Å². The van der Waals surface area contributed by atoms with Crippen molar-refractivity contribution in [2.24, 2.45) is 0 Å². The lowest BCUT2D eigenvalue weighted by atomic mass is 9.96. The molecule has 0 radical (unpaired) electrons. The van der Waals surface area contributed by atoms with Gasteiger partial charge >= 0.3 is 0 Å².